The van der Waals surface area contributed by atoms with Crippen molar-refractivity contribution in [3.8, 4) is 22.6 Å². The van der Waals surface area contributed by atoms with Crippen molar-refractivity contribution in [3.63, 3.8) is 0 Å². The van der Waals surface area contributed by atoms with Gasteiger partial charge in [0.2, 0.25) is 9.84 Å². The standard InChI is InChI=1S/C24H20N2O3S/c25-26-20-10-16-24(17-11-20)30(27,28)23-14-8-19(9-15-23)18-6-12-22(13-7-18)29-21-4-2-1-3-5-21/h1-17,26H,25H2. The van der Waals surface area contributed by atoms with Gasteiger partial charge in [-0.15, -0.1) is 0 Å². The SMILES string of the molecule is NNc1ccc(S(=O)(=O)c2ccc(-c3ccc(Oc4ccccc4)cc3)cc2)cc1. The molecule has 0 aromatic heterocycles. The summed E-state index contributed by atoms with van der Waals surface area (Å²) in [5.74, 6) is 6.84. The van der Waals surface area contributed by atoms with Crippen molar-refractivity contribution in [2.45, 2.75) is 9.79 Å². The molecule has 150 valence electrons. The van der Waals surface area contributed by atoms with Crippen molar-refractivity contribution in [1.82, 2.24) is 0 Å². The first kappa shape index (κ1) is 19.7. The van der Waals surface area contributed by atoms with E-state index in [0.29, 0.717) is 5.69 Å². The molecule has 0 bridgehead atoms. The summed E-state index contributed by atoms with van der Waals surface area (Å²) >= 11 is 0. The van der Waals surface area contributed by atoms with Crippen LogP contribution in [-0.2, 0) is 9.84 Å². The van der Waals surface area contributed by atoms with E-state index >= 15 is 0 Å². The highest BCUT2D eigenvalue weighted by molar-refractivity contribution is 7.91. The lowest BCUT2D eigenvalue weighted by Crippen LogP contribution is -2.07. The van der Waals surface area contributed by atoms with Crippen LogP contribution >= 0.6 is 0 Å². The number of benzene rings is 4. The fraction of sp³-hybridized carbons (Fsp3) is 0. The van der Waals surface area contributed by atoms with Gasteiger partial charge in [-0.05, 0) is 71.8 Å². The molecule has 4 rings (SSSR count). The Balaban J connectivity index is 1.52. The van der Waals surface area contributed by atoms with E-state index in [2.05, 4.69) is 5.43 Å². The monoisotopic (exact) mass is 416 g/mol. The van der Waals surface area contributed by atoms with E-state index in [0.717, 1.165) is 22.6 Å². The predicted octanol–water partition coefficient (Wildman–Crippen LogP) is 5.26. The number of hydrogen-bond donors (Lipinski definition) is 2. The van der Waals surface area contributed by atoms with E-state index < -0.39 is 9.84 Å². The second-order valence-corrected chi connectivity index (χ2v) is 8.59. The molecular formula is C24H20N2O3S. The summed E-state index contributed by atoms with van der Waals surface area (Å²) in [4.78, 5) is 0.459. The van der Waals surface area contributed by atoms with Gasteiger partial charge in [0.25, 0.3) is 0 Å². The molecule has 4 aromatic rings. The van der Waals surface area contributed by atoms with Gasteiger partial charge in [-0.1, -0.05) is 42.5 Å². The van der Waals surface area contributed by atoms with Crippen molar-refractivity contribution < 1.29 is 13.2 Å². The third kappa shape index (κ3) is 4.20. The van der Waals surface area contributed by atoms with Gasteiger partial charge in [0.15, 0.2) is 0 Å². The van der Waals surface area contributed by atoms with Crippen LogP contribution in [0, 0.1) is 0 Å². The Kier molecular flexibility index (Phi) is 5.52. The largest absolute Gasteiger partial charge is 0.457 e. The maximum absolute atomic E-state index is 12.8. The summed E-state index contributed by atoms with van der Waals surface area (Å²) in [5, 5.41) is 0. The maximum Gasteiger partial charge on any atom is 0.206 e. The number of anilines is 1. The molecule has 3 N–H and O–H groups in total. The quantitative estimate of drug-likeness (QED) is 0.331. The highest BCUT2D eigenvalue weighted by Crippen LogP contribution is 2.28. The molecule has 0 amide bonds. The van der Waals surface area contributed by atoms with E-state index in [4.69, 9.17) is 10.6 Å². The third-order valence-corrected chi connectivity index (χ3v) is 6.45. The number of ether oxygens (including phenoxy) is 1. The Labute approximate surface area is 175 Å². The van der Waals surface area contributed by atoms with Crippen molar-refractivity contribution in [3.05, 3.63) is 103 Å². The topological polar surface area (TPSA) is 81.4 Å². The number of hydrogen-bond acceptors (Lipinski definition) is 5. The lowest BCUT2D eigenvalue weighted by atomic mass is 10.1. The molecule has 0 aliphatic heterocycles. The average Bonchev–Trinajstić information content (AvgIpc) is 2.80. The Bertz CT molecular complexity index is 1220. The molecule has 6 heteroatoms. The summed E-state index contributed by atoms with van der Waals surface area (Å²) in [7, 11) is -3.59. The molecule has 0 saturated carbocycles. The zero-order valence-corrected chi connectivity index (χ0v) is 16.8. The van der Waals surface area contributed by atoms with E-state index in [-0.39, 0.29) is 9.79 Å². The zero-order valence-electron chi connectivity index (χ0n) is 16.0. The van der Waals surface area contributed by atoms with Gasteiger partial charge >= 0.3 is 0 Å². The first-order valence-electron chi connectivity index (χ1n) is 9.31. The van der Waals surface area contributed by atoms with Gasteiger partial charge in [-0.2, -0.15) is 0 Å². The van der Waals surface area contributed by atoms with E-state index in [1.807, 2.05) is 54.6 Å². The van der Waals surface area contributed by atoms with E-state index in [1.165, 1.54) is 12.1 Å². The second kappa shape index (κ2) is 8.41. The van der Waals surface area contributed by atoms with Crippen LogP contribution in [0.1, 0.15) is 0 Å². The van der Waals surface area contributed by atoms with Crippen LogP contribution in [0.25, 0.3) is 11.1 Å². The first-order valence-corrected chi connectivity index (χ1v) is 10.8. The minimum Gasteiger partial charge on any atom is -0.457 e. The average molecular weight is 417 g/mol. The molecule has 0 atom stereocenters. The highest BCUT2D eigenvalue weighted by Gasteiger charge is 2.17. The van der Waals surface area contributed by atoms with Crippen molar-refractivity contribution >= 4 is 15.5 Å². The van der Waals surface area contributed by atoms with Crippen molar-refractivity contribution in [2.24, 2.45) is 5.84 Å². The summed E-state index contributed by atoms with van der Waals surface area (Å²) in [5.41, 5.74) is 5.02. The lowest BCUT2D eigenvalue weighted by molar-refractivity contribution is 0.483. The fourth-order valence-corrected chi connectivity index (χ4v) is 4.29. The molecule has 5 nitrogen and oxygen atoms in total. The minimum atomic E-state index is -3.59. The van der Waals surface area contributed by atoms with Crippen molar-refractivity contribution in [1.29, 1.82) is 0 Å². The van der Waals surface area contributed by atoms with Gasteiger partial charge in [0, 0.05) is 5.69 Å². The Morgan fingerprint density at radius 2 is 1.07 bits per heavy atom. The molecule has 0 heterocycles. The summed E-state index contributed by atoms with van der Waals surface area (Å²) in [6.07, 6.45) is 0. The number of rotatable bonds is 6. The molecule has 0 aliphatic carbocycles. The summed E-state index contributed by atoms with van der Waals surface area (Å²) < 4.78 is 31.5. The Morgan fingerprint density at radius 3 is 1.60 bits per heavy atom. The summed E-state index contributed by atoms with van der Waals surface area (Å²) in [6.45, 7) is 0. The smallest absolute Gasteiger partial charge is 0.206 e. The number of nitrogens with two attached hydrogens (primary N) is 1. The number of nitrogens with one attached hydrogen (secondary N) is 1. The number of sulfone groups is 1. The molecule has 0 unspecified atom stereocenters. The van der Waals surface area contributed by atoms with Crippen LogP contribution in [0.15, 0.2) is 113 Å². The molecule has 0 fully saturated rings. The maximum atomic E-state index is 12.8. The van der Waals surface area contributed by atoms with E-state index in [9.17, 15) is 8.42 Å². The van der Waals surface area contributed by atoms with Crippen LogP contribution < -0.4 is 16.0 Å². The molecule has 30 heavy (non-hydrogen) atoms. The van der Waals surface area contributed by atoms with Crippen molar-refractivity contribution in [2.75, 3.05) is 5.43 Å². The molecular weight excluding hydrogens is 396 g/mol. The van der Waals surface area contributed by atoms with Gasteiger partial charge in [0.1, 0.15) is 11.5 Å². The molecule has 0 aliphatic rings. The third-order valence-electron chi connectivity index (χ3n) is 4.66. The van der Waals surface area contributed by atoms with Gasteiger partial charge in [0.05, 0.1) is 9.79 Å². The Morgan fingerprint density at radius 1 is 0.600 bits per heavy atom. The molecule has 4 aromatic carbocycles. The minimum absolute atomic E-state index is 0.219. The van der Waals surface area contributed by atoms with Gasteiger partial charge < -0.3 is 10.2 Å². The van der Waals surface area contributed by atoms with E-state index in [1.54, 1.807) is 36.4 Å². The zero-order chi connectivity index (χ0) is 21.0. The second-order valence-electron chi connectivity index (χ2n) is 6.64. The van der Waals surface area contributed by atoms with Crippen LogP contribution in [0.4, 0.5) is 5.69 Å². The highest BCUT2D eigenvalue weighted by atomic mass is 32.2. The molecule has 0 spiro atoms. The van der Waals surface area contributed by atoms with Crippen LogP contribution in [-0.4, -0.2) is 8.42 Å². The van der Waals surface area contributed by atoms with Crippen LogP contribution in [0.2, 0.25) is 0 Å². The van der Waals surface area contributed by atoms with Gasteiger partial charge in [-0.25, -0.2) is 8.42 Å². The first-order chi connectivity index (χ1) is 14.6. The number of nitrogen functional groups attached to an aromatic ring is 1. The van der Waals surface area contributed by atoms with Crippen LogP contribution in [0.5, 0.6) is 11.5 Å². The van der Waals surface area contributed by atoms with Gasteiger partial charge in [-0.3, -0.25) is 5.84 Å². The predicted molar refractivity (Wildman–Crippen MR) is 118 cm³/mol. The normalized spacial score (nSPS) is 11.1. The van der Waals surface area contributed by atoms with Crippen LogP contribution in [0.3, 0.4) is 0 Å². The number of para-hydroxylation sites is 1. The fourth-order valence-electron chi connectivity index (χ4n) is 3.03. The molecule has 0 radical (unpaired) electrons. The lowest BCUT2D eigenvalue weighted by Gasteiger charge is -2.09. The molecule has 0 saturated heterocycles. The summed E-state index contributed by atoms with van der Waals surface area (Å²) in [6, 6.07) is 30.4. The number of hydrazine groups is 1. The Hall–Kier alpha value is -3.61.